The minimum atomic E-state index is -0.393. The maximum absolute atomic E-state index is 12.3. The lowest BCUT2D eigenvalue weighted by Crippen LogP contribution is -2.53. The van der Waals surface area contributed by atoms with Crippen LogP contribution in [0.1, 0.15) is 26.2 Å². The van der Waals surface area contributed by atoms with E-state index in [1.54, 1.807) is 6.07 Å². The van der Waals surface area contributed by atoms with Gasteiger partial charge in [0.05, 0.1) is 15.6 Å². The van der Waals surface area contributed by atoms with Crippen LogP contribution in [-0.4, -0.2) is 36.1 Å². The number of aromatic nitrogens is 1. The van der Waals surface area contributed by atoms with Crippen molar-refractivity contribution in [3.63, 3.8) is 0 Å². The van der Waals surface area contributed by atoms with Crippen LogP contribution in [0, 0.1) is 0 Å². The van der Waals surface area contributed by atoms with Gasteiger partial charge < -0.3 is 16.0 Å². The molecule has 23 heavy (non-hydrogen) atoms. The summed E-state index contributed by atoms with van der Waals surface area (Å²) in [5.74, 6) is 0.638. The quantitative estimate of drug-likeness (QED) is 0.637. The van der Waals surface area contributed by atoms with Crippen LogP contribution >= 0.6 is 48.0 Å². The second-order valence-electron chi connectivity index (χ2n) is 5.13. The fourth-order valence-corrected chi connectivity index (χ4v) is 2.98. The fourth-order valence-electron chi connectivity index (χ4n) is 2.53. The molecular formula is C14H22Cl4N4O. The summed E-state index contributed by atoms with van der Waals surface area (Å²) in [6, 6.07) is 1.63. The Bertz CT molecular complexity index is 510. The van der Waals surface area contributed by atoms with Crippen LogP contribution in [0.4, 0.5) is 5.82 Å². The first-order valence-corrected chi connectivity index (χ1v) is 7.91. The molecule has 1 aliphatic rings. The third-order valence-corrected chi connectivity index (χ3v) is 4.29. The number of hydrogen-bond acceptors (Lipinski definition) is 4. The smallest absolute Gasteiger partial charge is 0.240 e. The molecule has 9 heteroatoms. The molecule has 0 radical (unpaired) electrons. The van der Waals surface area contributed by atoms with Gasteiger partial charge in [-0.2, -0.15) is 0 Å². The molecule has 1 fully saturated rings. The summed E-state index contributed by atoms with van der Waals surface area (Å²) >= 11 is 11.8. The molecule has 1 aromatic rings. The zero-order chi connectivity index (χ0) is 15.3. The summed E-state index contributed by atoms with van der Waals surface area (Å²) in [5, 5.41) is 10.3. The fraction of sp³-hybridized carbons (Fsp3) is 0.571. The van der Waals surface area contributed by atoms with Gasteiger partial charge in [-0.3, -0.25) is 4.79 Å². The predicted molar refractivity (Wildman–Crippen MR) is 101 cm³/mol. The minimum Gasteiger partial charge on any atom is -0.367 e. The highest BCUT2D eigenvalue weighted by molar-refractivity contribution is 6.35. The van der Waals surface area contributed by atoms with E-state index in [9.17, 15) is 4.79 Å². The van der Waals surface area contributed by atoms with Crippen molar-refractivity contribution in [2.24, 2.45) is 0 Å². The van der Waals surface area contributed by atoms with Crippen molar-refractivity contribution in [1.82, 2.24) is 15.6 Å². The Kier molecular flexibility index (Phi) is 10.2. The van der Waals surface area contributed by atoms with Gasteiger partial charge in [-0.15, -0.1) is 24.8 Å². The number of halogens is 4. The number of carbonyl (C=O) groups is 1. The van der Waals surface area contributed by atoms with Crippen molar-refractivity contribution in [3.8, 4) is 0 Å². The summed E-state index contributed by atoms with van der Waals surface area (Å²) in [6.07, 6.45) is 4.27. The maximum atomic E-state index is 12.3. The lowest BCUT2D eigenvalue weighted by atomic mass is 9.93. The van der Waals surface area contributed by atoms with E-state index in [1.807, 2.05) is 6.92 Å². The molecule has 1 unspecified atom stereocenters. The SMILES string of the molecule is CCC1(C(=O)NCCNc2ncc(Cl)cc2Cl)CCCN1.Cl.Cl. The van der Waals surface area contributed by atoms with Crippen molar-refractivity contribution < 1.29 is 4.79 Å². The standard InChI is InChI=1S/C14H20Cl2N4O.2ClH/c1-2-14(4-3-5-20-14)13(21)18-7-6-17-12-11(16)8-10(15)9-19-12;;/h8-9,20H,2-7H2,1H3,(H,17,19)(H,18,21);2*1H. The first-order chi connectivity index (χ1) is 10.1. The van der Waals surface area contributed by atoms with E-state index in [0.29, 0.717) is 29.0 Å². The van der Waals surface area contributed by atoms with E-state index in [0.717, 1.165) is 25.8 Å². The molecular weight excluding hydrogens is 382 g/mol. The zero-order valence-corrected chi connectivity index (χ0v) is 16.0. The Hall–Kier alpha value is -0.460. The van der Waals surface area contributed by atoms with E-state index >= 15 is 0 Å². The van der Waals surface area contributed by atoms with Gasteiger partial charge in [0.25, 0.3) is 0 Å². The number of hydrogen-bond donors (Lipinski definition) is 3. The summed E-state index contributed by atoms with van der Waals surface area (Å²) in [7, 11) is 0. The van der Waals surface area contributed by atoms with E-state index in [-0.39, 0.29) is 30.7 Å². The molecule has 0 aliphatic carbocycles. The number of rotatable bonds is 6. The Labute approximate surface area is 159 Å². The summed E-state index contributed by atoms with van der Waals surface area (Å²) in [5.41, 5.74) is -0.393. The van der Waals surface area contributed by atoms with Gasteiger partial charge in [-0.25, -0.2) is 4.98 Å². The average molecular weight is 404 g/mol. The molecule has 1 aromatic heterocycles. The third-order valence-electron chi connectivity index (χ3n) is 3.79. The molecule has 1 atom stereocenters. The lowest BCUT2D eigenvalue weighted by Gasteiger charge is -2.26. The van der Waals surface area contributed by atoms with Gasteiger partial charge in [0.2, 0.25) is 5.91 Å². The highest BCUT2D eigenvalue weighted by atomic mass is 35.5. The minimum absolute atomic E-state index is 0. The van der Waals surface area contributed by atoms with E-state index in [1.165, 1.54) is 6.20 Å². The predicted octanol–water partition coefficient (Wildman–Crippen LogP) is 3.29. The van der Waals surface area contributed by atoms with Crippen molar-refractivity contribution in [2.75, 3.05) is 25.0 Å². The zero-order valence-electron chi connectivity index (χ0n) is 12.8. The molecule has 1 aliphatic heterocycles. The third kappa shape index (κ3) is 5.84. The highest BCUT2D eigenvalue weighted by Crippen LogP contribution is 2.23. The normalized spacial score (nSPS) is 19.4. The van der Waals surface area contributed by atoms with Crippen molar-refractivity contribution in [1.29, 1.82) is 0 Å². The number of nitrogens with one attached hydrogen (secondary N) is 3. The van der Waals surface area contributed by atoms with Crippen LogP contribution in [0.25, 0.3) is 0 Å². The van der Waals surface area contributed by atoms with Crippen molar-refractivity contribution in [2.45, 2.75) is 31.7 Å². The van der Waals surface area contributed by atoms with Crippen LogP contribution in [0.5, 0.6) is 0 Å². The molecule has 132 valence electrons. The molecule has 3 N–H and O–H groups in total. The summed E-state index contributed by atoms with van der Waals surface area (Å²) in [4.78, 5) is 16.4. The Morgan fingerprint density at radius 3 is 2.70 bits per heavy atom. The lowest BCUT2D eigenvalue weighted by molar-refractivity contribution is -0.127. The van der Waals surface area contributed by atoms with Gasteiger partial charge in [-0.1, -0.05) is 30.1 Å². The van der Waals surface area contributed by atoms with Crippen LogP contribution in [0.2, 0.25) is 10.0 Å². The molecule has 2 rings (SSSR count). The molecule has 1 amide bonds. The highest BCUT2D eigenvalue weighted by Gasteiger charge is 2.38. The van der Waals surface area contributed by atoms with Crippen LogP contribution in [0.3, 0.4) is 0 Å². The molecule has 0 spiro atoms. The number of amides is 1. The van der Waals surface area contributed by atoms with Crippen molar-refractivity contribution >= 4 is 59.7 Å². The molecule has 0 bridgehead atoms. The molecule has 0 saturated carbocycles. The number of pyridine rings is 1. The topological polar surface area (TPSA) is 66.0 Å². The number of nitrogens with zero attached hydrogens (tertiary/aromatic N) is 1. The maximum Gasteiger partial charge on any atom is 0.240 e. The number of carbonyl (C=O) groups excluding carboxylic acids is 1. The second kappa shape index (κ2) is 10.4. The van der Waals surface area contributed by atoms with Gasteiger partial charge in [-0.05, 0) is 31.9 Å². The molecule has 1 saturated heterocycles. The van der Waals surface area contributed by atoms with Crippen LogP contribution < -0.4 is 16.0 Å². The Morgan fingerprint density at radius 2 is 2.13 bits per heavy atom. The molecule has 5 nitrogen and oxygen atoms in total. The van der Waals surface area contributed by atoms with E-state index in [2.05, 4.69) is 20.9 Å². The largest absolute Gasteiger partial charge is 0.367 e. The summed E-state index contributed by atoms with van der Waals surface area (Å²) < 4.78 is 0. The summed E-state index contributed by atoms with van der Waals surface area (Å²) in [6.45, 7) is 4.01. The Balaban J connectivity index is 0.00000242. The number of anilines is 1. The Morgan fingerprint density at radius 1 is 1.39 bits per heavy atom. The van der Waals surface area contributed by atoms with Crippen LogP contribution in [-0.2, 0) is 4.79 Å². The first-order valence-electron chi connectivity index (χ1n) is 7.15. The van der Waals surface area contributed by atoms with Gasteiger partial charge in [0.15, 0.2) is 0 Å². The average Bonchev–Trinajstić information content (AvgIpc) is 2.95. The second-order valence-corrected chi connectivity index (χ2v) is 5.98. The first kappa shape index (κ1) is 22.5. The molecule has 2 heterocycles. The van der Waals surface area contributed by atoms with Gasteiger partial charge in [0, 0.05) is 19.3 Å². The van der Waals surface area contributed by atoms with Crippen molar-refractivity contribution in [3.05, 3.63) is 22.3 Å². The van der Waals surface area contributed by atoms with E-state index in [4.69, 9.17) is 23.2 Å². The van der Waals surface area contributed by atoms with E-state index < -0.39 is 5.54 Å². The van der Waals surface area contributed by atoms with Gasteiger partial charge >= 0.3 is 0 Å². The molecule has 0 aromatic carbocycles. The van der Waals surface area contributed by atoms with Crippen LogP contribution in [0.15, 0.2) is 12.3 Å². The monoisotopic (exact) mass is 402 g/mol. The van der Waals surface area contributed by atoms with Gasteiger partial charge in [0.1, 0.15) is 5.82 Å².